The van der Waals surface area contributed by atoms with Crippen molar-refractivity contribution >= 4 is 5.97 Å². The van der Waals surface area contributed by atoms with Gasteiger partial charge in [0.05, 0.1) is 19.6 Å². The predicted octanol–water partition coefficient (Wildman–Crippen LogP) is 3.56. The van der Waals surface area contributed by atoms with Gasteiger partial charge in [-0.05, 0) is 30.4 Å². The lowest BCUT2D eigenvalue weighted by molar-refractivity contribution is -0.147. The Labute approximate surface area is 115 Å². The summed E-state index contributed by atoms with van der Waals surface area (Å²) in [6.07, 6.45) is 0.641. The first-order valence-electron chi connectivity index (χ1n) is 6.83. The Balaban J connectivity index is 2.95. The Morgan fingerprint density at radius 2 is 1.95 bits per heavy atom. The maximum absolute atomic E-state index is 11.7. The molecule has 0 aliphatic carbocycles. The van der Waals surface area contributed by atoms with Gasteiger partial charge < -0.3 is 9.47 Å². The lowest BCUT2D eigenvalue weighted by Gasteiger charge is -2.17. The summed E-state index contributed by atoms with van der Waals surface area (Å²) in [5.41, 5.74) is 2.24. The molecule has 0 heterocycles. The fourth-order valence-electron chi connectivity index (χ4n) is 2.17. The van der Waals surface area contributed by atoms with Crippen LogP contribution in [-0.2, 0) is 16.0 Å². The summed E-state index contributed by atoms with van der Waals surface area (Å²) < 4.78 is 10.6. The van der Waals surface area contributed by atoms with Crippen LogP contribution in [0.15, 0.2) is 18.2 Å². The van der Waals surface area contributed by atoms with Crippen LogP contribution in [0.4, 0.5) is 0 Å². The average molecular weight is 264 g/mol. The molecule has 3 heteroatoms. The average Bonchev–Trinajstić information content (AvgIpc) is 2.38. The van der Waals surface area contributed by atoms with E-state index in [2.05, 4.69) is 19.9 Å². The zero-order valence-electron chi connectivity index (χ0n) is 12.5. The number of hydrogen-bond donors (Lipinski definition) is 0. The highest BCUT2D eigenvalue weighted by Crippen LogP contribution is 2.31. The van der Waals surface area contributed by atoms with Crippen molar-refractivity contribution < 1.29 is 14.3 Å². The molecule has 1 aromatic carbocycles. The first-order valence-corrected chi connectivity index (χ1v) is 6.83. The van der Waals surface area contributed by atoms with E-state index in [0.29, 0.717) is 18.9 Å². The van der Waals surface area contributed by atoms with Crippen LogP contribution in [0.25, 0.3) is 0 Å². The van der Waals surface area contributed by atoms with E-state index in [1.54, 1.807) is 7.11 Å². The van der Waals surface area contributed by atoms with Crippen LogP contribution in [-0.4, -0.2) is 19.7 Å². The summed E-state index contributed by atoms with van der Waals surface area (Å²) in [5, 5.41) is 0. The molecule has 106 valence electrons. The molecule has 0 aliphatic rings. The minimum absolute atomic E-state index is 0.153. The molecule has 1 atom stereocenters. The van der Waals surface area contributed by atoms with Gasteiger partial charge in [-0.15, -0.1) is 0 Å². The van der Waals surface area contributed by atoms with Crippen LogP contribution < -0.4 is 4.74 Å². The molecular weight excluding hydrogens is 240 g/mol. The molecule has 0 saturated carbocycles. The van der Waals surface area contributed by atoms with Gasteiger partial charge in [-0.25, -0.2) is 0 Å². The molecule has 3 nitrogen and oxygen atoms in total. The van der Waals surface area contributed by atoms with E-state index in [1.165, 1.54) is 5.56 Å². The minimum Gasteiger partial charge on any atom is -0.496 e. The number of methoxy groups -OCH3 is 1. The van der Waals surface area contributed by atoms with Crippen LogP contribution in [0.1, 0.15) is 44.7 Å². The van der Waals surface area contributed by atoms with Crippen molar-refractivity contribution in [2.45, 2.75) is 40.0 Å². The fraction of sp³-hybridized carbons (Fsp3) is 0.562. The normalized spacial score (nSPS) is 12.3. The van der Waals surface area contributed by atoms with Gasteiger partial charge in [0.2, 0.25) is 0 Å². The maximum atomic E-state index is 11.7. The van der Waals surface area contributed by atoms with Crippen molar-refractivity contribution in [3.8, 4) is 5.75 Å². The number of ether oxygens (including phenoxy) is 2. The van der Waals surface area contributed by atoms with Crippen LogP contribution in [0.2, 0.25) is 0 Å². The van der Waals surface area contributed by atoms with Crippen molar-refractivity contribution in [2.24, 2.45) is 5.92 Å². The van der Waals surface area contributed by atoms with E-state index in [0.717, 1.165) is 11.3 Å². The van der Waals surface area contributed by atoms with E-state index in [4.69, 9.17) is 9.47 Å². The number of hydrogen-bond acceptors (Lipinski definition) is 3. The molecule has 19 heavy (non-hydrogen) atoms. The molecule has 1 unspecified atom stereocenters. The van der Waals surface area contributed by atoms with E-state index >= 15 is 0 Å². The molecular formula is C16H24O3. The number of esters is 1. The Morgan fingerprint density at radius 1 is 1.26 bits per heavy atom. The number of carbonyl (C=O) groups excluding carboxylic acids is 1. The Hall–Kier alpha value is -1.51. The summed E-state index contributed by atoms with van der Waals surface area (Å²) in [7, 11) is 1.68. The smallest absolute Gasteiger partial charge is 0.308 e. The lowest BCUT2D eigenvalue weighted by Crippen LogP contribution is -2.17. The first-order chi connectivity index (χ1) is 9.01. The molecule has 0 radical (unpaired) electrons. The molecule has 0 saturated heterocycles. The highest BCUT2D eigenvalue weighted by Gasteiger charge is 2.19. The molecule has 1 aromatic rings. The molecule has 0 bridgehead atoms. The van der Waals surface area contributed by atoms with E-state index in [-0.39, 0.29) is 11.9 Å². The van der Waals surface area contributed by atoms with Gasteiger partial charge in [0.1, 0.15) is 5.75 Å². The van der Waals surface area contributed by atoms with Gasteiger partial charge in [-0.3, -0.25) is 4.79 Å². The largest absolute Gasteiger partial charge is 0.496 e. The molecule has 1 rings (SSSR count). The Morgan fingerprint density at radius 3 is 2.47 bits per heavy atom. The van der Waals surface area contributed by atoms with Gasteiger partial charge in [-0.1, -0.05) is 39.0 Å². The third kappa shape index (κ3) is 3.98. The Bertz CT molecular complexity index is 424. The second kappa shape index (κ2) is 7.17. The van der Waals surface area contributed by atoms with Crippen molar-refractivity contribution in [2.75, 3.05) is 13.7 Å². The SMILES string of the molecule is CCOC(=O)C(C)Cc1cccc(C(C)C)c1OC. The van der Waals surface area contributed by atoms with Crippen LogP contribution >= 0.6 is 0 Å². The number of rotatable bonds is 6. The van der Waals surface area contributed by atoms with Crippen LogP contribution in [0, 0.1) is 5.92 Å². The number of benzene rings is 1. The van der Waals surface area contributed by atoms with Gasteiger partial charge in [0.15, 0.2) is 0 Å². The second-order valence-electron chi connectivity index (χ2n) is 5.05. The van der Waals surface area contributed by atoms with Gasteiger partial charge >= 0.3 is 5.97 Å². The number of para-hydroxylation sites is 1. The summed E-state index contributed by atoms with van der Waals surface area (Å²) in [6.45, 7) is 8.41. The predicted molar refractivity (Wildman–Crippen MR) is 76.6 cm³/mol. The third-order valence-electron chi connectivity index (χ3n) is 3.17. The lowest BCUT2D eigenvalue weighted by atomic mass is 9.94. The highest BCUT2D eigenvalue weighted by molar-refractivity contribution is 5.72. The van der Waals surface area contributed by atoms with Gasteiger partial charge in [0, 0.05) is 0 Å². The number of carbonyl (C=O) groups is 1. The van der Waals surface area contributed by atoms with Gasteiger partial charge in [0.25, 0.3) is 0 Å². The molecule has 0 N–H and O–H groups in total. The molecule has 0 fully saturated rings. The zero-order chi connectivity index (χ0) is 14.4. The first kappa shape index (κ1) is 15.5. The van der Waals surface area contributed by atoms with Crippen molar-refractivity contribution in [1.29, 1.82) is 0 Å². The summed E-state index contributed by atoms with van der Waals surface area (Å²) in [5.74, 6) is 0.984. The summed E-state index contributed by atoms with van der Waals surface area (Å²) in [4.78, 5) is 11.7. The maximum Gasteiger partial charge on any atom is 0.308 e. The molecule has 0 amide bonds. The second-order valence-corrected chi connectivity index (χ2v) is 5.05. The van der Waals surface area contributed by atoms with Crippen LogP contribution in [0.5, 0.6) is 5.75 Å². The van der Waals surface area contributed by atoms with E-state index < -0.39 is 0 Å². The quantitative estimate of drug-likeness (QED) is 0.737. The summed E-state index contributed by atoms with van der Waals surface area (Å²) in [6, 6.07) is 6.10. The van der Waals surface area contributed by atoms with E-state index in [9.17, 15) is 4.79 Å². The standard InChI is InChI=1S/C16H24O3/c1-6-19-16(17)12(4)10-13-8-7-9-14(11(2)3)15(13)18-5/h7-9,11-12H,6,10H2,1-5H3. The van der Waals surface area contributed by atoms with Crippen LogP contribution in [0.3, 0.4) is 0 Å². The fourth-order valence-corrected chi connectivity index (χ4v) is 2.17. The third-order valence-corrected chi connectivity index (χ3v) is 3.17. The van der Waals surface area contributed by atoms with Crippen molar-refractivity contribution in [3.63, 3.8) is 0 Å². The topological polar surface area (TPSA) is 35.5 Å². The summed E-state index contributed by atoms with van der Waals surface area (Å²) >= 11 is 0. The zero-order valence-corrected chi connectivity index (χ0v) is 12.5. The Kier molecular flexibility index (Phi) is 5.87. The molecule has 0 aliphatic heterocycles. The van der Waals surface area contributed by atoms with Crippen molar-refractivity contribution in [1.82, 2.24) is 0 Å². The molecule has 0 aromatic heterocycles. The monoisotopic (exact) mass is 264 g/mol. The van der Waals surface area contributed by atoms with E-state index in [1.807, 2.05) is 26.0 Å². The van der Waals surface area contributed by atoms with Crippen molar-refractivity contribution in [3.05, 3.63) is 29.3 Å². The van der Waals surface area contributed by atoms with Gasteiger partial charge in [-0.2, -0.15) is 0 Å². The molecule has 0 spiro atoms. The minimum atomic E-state index is -0.156. The highest BCUT2D eigenvalue weighted by atomic mass is 16.5.